The van der Waals surface area contributed by atoms with Crippen LogP contribution in [0.4, 0.5) is 4.79 Å². The Bertz CT molecular complexity index is 1150. The smallest absolute Gasteiger partial charge is 0.408 e. The zero-order valence-electron chi connectivity index (χ0n) is 20.3. The van der Waals surface area contributed by atoms with Crippen molar-refractivity contribution in [3.05, 3.63) is 65.7 Å². The molecule has 0 aromatic heterocycles. The van der Waals surface area contributed by atoms with Gasteiger partial charge in [0, 0.05) is 25.7 Å². The molecule has 0 spiro atoms. The Morgan fingerprint density at radius 3 is 2.22 bits per heavy atom. The van der Waals surface area contributed by atoms with E-state index in [-0.39, 0.29) is 67.3 Å². The molecule has 2 aromatic rings. The molecule has 1 atom stereocenters. The third-order valence-corrected chi connectivity index (χ3v) is 7.21. The van der Waals surface area contributed by atoms with Crippen molar-refractivity contribution in [2.75, 3.05) is 5.75 Å². The molecule has 10 heteroatoms. The van der Waals surface area contributed by atoms with E-state index in [1.54, 1.807) is 36.4 Å². The molecule has 0 saturated heterocycles. The Balaban J connectivity index is 1.80. The van der Waals surface area contributed by atoms with Gasteiger partial charge in [0.05, 0.1) is 16.7 Å². The monoisotopic (exact) mass is 516 g/mol. The summed E-state index contributed by atoms with van der Waals surface area (Å²) in [6, 6.07) is 14.4. The fourth-order valence-electron chi connectivity index (χ4n) is 3.38. The molecule has 194 valence electrons. The predicted molar refractivity (Wildman–Crippen MR) is 134 cm³/mol. The second kappa shape index (κ2) is 14.1. The topological polar surface area (TPSA) is 150 Å². The highest BCUT2D eigenvalue weighted by Gasteiger charge is 2.22. The van der Waals surface area contributed by atoms with Crippen LogP contribution < -0.4 is 11.1 Å². The summed E-state index contributed by atoms with van der Waals surface area (Å²) in [6.07, 6.45) is -0.869. The average Bonchev–Trinajstić information content (AvgIpc) is 2.84. The number of hydrogen-bond donors (Lipinski definition) is 2. The fourth-order valence-corrected chi connectivity index (χ4v) is 4.66. The Morgan fingerprint density at radius 2 is 1.58 bits per heavy atom. The number of carbonyl (C=O) groups is 4. The van der Waals surface area contributed by atoms with Crippen LogP contribution >= 0.6 is 0 Å². The number of aryl methyl sites for hydroxylation is 1. The third-order valence-electron chi connectivity index (χ3n) is 5.48. The molecule has 0 saturated carbocycles. The summed E-state index contributed by atoms with van der Waals surface area (Å²) in [5.41, 5.74) is 6.88. The lowest BCUT2D eigenvalue weighted by molar-refractivity contribution is -0.122. The Hall–Kier alpha value is -3.53. The number of hydrogen-bond acceptors (Lipinski definition) is 7. The third kappa shape index (κ3) is 10.4. The van der Waals surface area contributed by atoms with Gasteiger partial charge in [0.25, 0.3) is 0 Å². The largest absolute Gasteiger partial charge is 0.445 e. The van der Waals surface area contributed by atoms with Crippen molar-refractivity contribution in [3.63, 3.8) is 0 Å². The van der Waals surface area contributed by atoms with Gasteiger partial charge in [-0.1, -0.05) is 48.0 Å². The van der Waals surface area contributed by atoms with E-state index in [1.807, 2.05) is 13.0 Å². The molecule has 0 aliphatic rings. The Kier molecular flexibility index (Phi) is 11.3. The summed E-state index contributed by atoms with van der Waals surface area (Å²) in [6.45, 7) is 1.87. The van der Waals surface area contributed by atoms with Crippen molar-refractivity contribution in [2.24, 2.45) is 5.73 Å². The zero-order valence-corrected chi connectivity index (χ0v) is 21.1. The van der Waals surface area contributed by atoms with E-state index in [0.29, 0.717) is 0 Å². The van der Waals surface area contributed by atoms with Gasteiger partial charge in [-0.2, -0.15) is 0 Å². The highest BCUT2D eigenvalue weighted by atomic mass is 32.2. The minimum atomic E-state index is -3.57. The first-order valence-electron chi connectivity index (χ1n) is 11.7. The minimum Gasteiger partial charge on any atom is -0.445 e. The lowest BCUT2D eigenvalue weighted by Gasteiger charge is -2.17. The zero-order chi connectivity index (χ0) is 26.6. The number of rotatable bonds is 15. The molecule has 0 fully saturated rings. The highest BCUT2D eigenvalue weighted by Crippen LogP contribution is 2.14. The second-order valence-corrected chi connectivity index (χ2v) is 10.6. The van der Waals surface area contributed by atoms with Gasteiger partial charge >= 0.3 is 6.09 Å². The molecule has 0 bridgehead atoms. The van der Waals surface area contributed by atoms with Gasteiger partial charge in [-0.25, -0.2) is 13.2 Å². The maximum atomic E-state index is 12.6. The minimum absolute atomic E-state index is 0.0113. The van der Waals surface area contributed by atoms with Crippen molar-refractivity contribution in [1.29, 1.82) is 0 Å². The summed E-state index contributed by atoms with van der Waals surface area (Å²) in [4.78, 5) is 48.4. The van der Waals surface area contributed by atoms with Crippen molar-refractivity contribution in [1.82, 2.24) is 5.32 Å². The van der Waals surface area contributed by atoms with E-state index >= 15 is 0 Å². The molecule has 2 aromatic carbocycles. The number of sulfone groups is 1. The molecule has 0 heterocycles. The van der Waals surface area contributed by atoms with Gasteiger partial charge in [-0.3, -0.25) is 14.4 Å². The number of benzene rings is 2. The van der Waals surface area contributed by atoms with Gasteiger partial charge in [-0.05, 0) is 37.5 Å². The van der Waals surface area contributed by atoms with Crippen molar-refractivity contribution < 1.29 is 32.3 Å². The van der Waals surface area contributed by atoms with E-state index in [0.717, 1.165) is 11.1 Å². The van der Waals surface area contributed by atoms with Crippen LogP contribution in [0.15, 0.2) is 59.5 Å². The average molecular weight is 517 g/mol. The van der Waals surface area contributed by atoms with Gasteiger partial charge in [0.15, 0.2) is 15.6 Å². The van der Waals surface area contributed by atoms with Crippen LogP contribution in [0.2, 0.25) is 0 Å². The molecule has 36 heavy (non-hydrogen) atoms. The number of ether oxygens (including phenoxy) is 1. The van der Waals surface area contributed by atoms with Crippen LogP contribution in [0.3, 0.4) is 0 Å². The quantitative estimate of drug-likeness (QED) is 0.369. The van der Waals surface area contributed by atoms with Gasteiger partial charge in [0.2, 0.25) is 5.91 Å². The Morgan fingerprint density at radius 1 is 0.917 bits per heavy atom. The maximum absolute atomic E-state index is 12.6. The normalized spacial score (nSPS) is 11.9. The molecule has 9 nitrogen and oxygen atoms in total. The maximum Gasteiger partial charge on any atom is 0.408 e. The van der Waals surface area contributed by atoms with Gasteiger partial charge in [-0.15, -0.1) is 0 Å². The summed E-state index contributed by atoms with van der Waals surface area (Å²) >= 11 is 0. The van der Waals surface area contributed by atoms with Gasteiger partial charge in [0.1, 0.15) is 12.4 Å². The summed E-state index contributed by atoms with van der Waals surface area (Å²) in [5.74, 6) is -1.56. The van der Waals surface area contributed by atoms with Crippen LogP contribution in [-0.2, 0) is 35.6 Å². The number of alkyl carbamates (subject to hydrolysis) is 1. The number of carbonyl (C=O) groups excluding carboxylic acids is 4. The summed E-state index contributed by atoms with van der Waals surface area (Å²) in [5, 5.41) is 2.46. The van der Waals surface area contributed by atoms with Crippen molar-refractivity contribution >= 4 is 33.4 Å². The lowest BCUT2D eigenvalue weighted by Crippen LogP contribution is -2.41. The summed E-state index contributed by atoms with van der Waals surface area (Å²) in [7, 11) is -3.57. The Labute approximate surface area is 211 Å². The lowest BCUT2D eigenvalue weighted by atomic mass is 10.0. The van der Waals surface area contributed by atoms with Crippen LogP contribution in [0.5, 0.6) is 0 Å². The molecule has 0 unspecified atom stereocenters. The molecule has 2 amide bonds. The fraction of sp³-hybridized carbons (Fsp3) is 0.385. The van der Waals surface area contributed by atoms with Crippen molar-refractivity contribution in [2.45, 2.75) is 63.0 Å². The number of ketones is 2. The van der Waals surface area contributed by atoms with E-state index in [1.165, 1.54) is 12.1 Å². The van der Waals surface area contributed by atoms with E-state index in [4.69, 9.17) is 10.5 Å². The number of primary amides is 1. The molecule has 0 aliphatic heterocycles. The molecular weight excluding hydrogens is 484 g/mol. The molecular formula is C26H32N2O7S. The van der Waals surface area contributed by atoms with Crippen molar-refractivity contribution in [3.8, 4) is 0 Å². The highest BCUT2D eigenvalue weighted by molar-refractivity contribution is 7.91. The van der Waals surface area contributed by atoms with Gasteiger partial charge < -0.3 is 15.8 Å². The second-order valence-electron chi connectivity index (χ2n) is 8.50. The number of nitrogens with two attached hydrogens (primary N) is 1. The first-order chi connectivity index (χ1) is 17.1. The van der Waals surface area contributed by atoms with E-state index in [9.17, 15) is 27.6 Å². The number of Topliss-reactive ketones (excluding diaryl/α,β-unsaturated/α-hetero) is 2. The van der Waals surface area contributed by atoms with Crippen LogP contribution in [0.1, 0.15) is 49.7 Å². The standard InChI is InChI=1S/C26H32N2O7S/c1-19-10-12-22(13-11-19)36(33,34)17-16-21(29)8-5-9-24(30)23(14-15-25(27)31)28-26(32)35-18-20-6-3-2-4-7-20/h2-4,6-7,10-13,23H,5,8-9,14-18H2,1H3,(H2,27,31)(H,28,32)/t23-/m0/s1. The number of amides is 2. The first kappa shape index (κ1) is 28.7. The summed E-state index contributed by atoms with van der Waals surface area (Å²) < 4.78 is 29.9. The predicted octanol–water partition coefficient (Wildman–Crippen LogP) is 3.03. The van der Waals surface area contributed by atoms with E-state index < -0.39 is 27.9 Å². The SMILES string of the molecule is Cc1ccc(S(=O)(=O)CCC(=O)CCCC(=O)[C@H](CCC(N)=O)NC(=O)OCc2ccccc2)cc1. The van der Waals surface area contributed by atoms with Crippen LogP contribution in [0, 0.1) is 6.92 Å². The molecule has 2 rings (SSSR count). The molecule has 0 aliphatic carbocycles. The van der Waals surface area contributed by atoms with Crippen LogP contribution in [-0.4, -0.2) is 43.8 Å². The van der Waals surface area contributed by atoms with E-state index in [2.05, 4.69) is 5.32 Å². The molecule has 3 N–H and O–H groups in total. The first-order valence-corrected chi connectivity index (χ1v) is 13.3. The molecule has 0 radical (unpaired) electrons. The number of nitrogens with one attached hydrogen (secondary N) is 1. The van der Waals surface area contributed by atoms with Crippen LogP contribution in [0.25, 0.3) is 0 Å².